The highest BCUT2D eigenvalue weighted by atomic mass is 35.5. The number of halogens is 1. The summed E-state index contributed by atoms with van der Waals surface area (Å²) in [5, 5.41) is 9.75. The molecular formula is C30H32ClNO4. The lowest BCUT2D eigenvalue weighted by Gasteiger charge is -2.24. The van der Waals surface area contributed by atoms with Crippen LogP contribution in [0.2, 0.25) is 5.02 Å². The number of fused-ring (bicyclic) bond motifs is 1. The molecule has 0 unspecified atom stereocenters. The molecule has 36 heavy (non-hydrogen) atoms. The molecule has 3 aromatic rings. The average molecular weight is 506 g/mol. The minimum Gasteiger partial charge on any atom is -0.487 e. The number of benzene rings is 3. The summed E-state index contributed by atoms with van der Waals surface area (Å²) in [5.41, 5.74) is 4.40. The van der Waals surface area contributed by atoms with E-state index in [2.05, 4.69) is 45.0 Å². The lowest BCUT2D eigenvalue weighted by atomic mass is 9.90. The second-order valence-corrected chi connectivity index (χ2v) is 10.5. The molecule has 0 spiro atoms. The predicted octanol–water partition coefficient (Wildman–Crippen LogP) is 6.52. The zero-order valence-corrected chi connectivity index (χ0v) is 21.7. The normalized spacial score (nSPS) is 16.5. The van der Waals surface area contributed by atoms with Gasteiger partial charge in [-0.3, -0.25) is 9.59 Å². The van der Waals surface area contributed by atoms with Crippen LogP contribution in [-0.4, -0.2) is 34.0 Å². The fourth-order valence-corrected chi connectivity index (χ4v) is 4.90. The van der Waals surface area contributed by atoms with Crippen molar-refractivity contribution < 1.29 is 19.4 Å². The van der Waals surface area contributed by atoms with Crippen LogP contribution in [0.5, 0.6) is 5.75 Å². The first-order valence-corrected chi connectivity index (χ1v) is 12.7. The van der Waals surface area contributed by atoms with Gasteiger partial charge in [0.2, 0.25) is 0 Å². The molecule has 0 radical (unpaired) electrons. The maximum atomic E-state index is 13.5. The molecule has 3 aromatic carbocycles. The summed E-state index contributed by atoms with van der Waals surface area (Å²) in [6, 6.07) is 21.4. The van der Waals surface area contributed by atoms with Gasteiger partial charge in [-0.1, -0.05) is 67.9 Å². The van der Waals surface area contributed by atoms with E-state index >= 15 is 0 Å². The van der Waals surface area contributed by atoms with Crippen molar-refractivity contribution in [3.05, 3.63) is 99.6 Å². The number of amides is 1. The lowest BCUT2D eigenvalue weighted by molar-refractivity contribution is -0.137. The van der Waals surface area contributed by atoms with Crippen LogP contribution in [0, 0.1) is 0 Å². The third kappa shape index (κ3) is 6.08. The molecule has 5 nitrogen and oxygen atoms in total. The van der Waals surface area contributed by atoms with Crippen molar-refractivity contribution >= 4 is 23.5 Å². The smallest absolute Gasteiger partial charge is 0.305 e. The van der Waals surface area contributed by atoms with E-state index < -0.39 is 11.6 Å². The highest BCUT2D eigenvalue weighted by Gasteiger charge is 2.35. The third-order valence-corrected chi connectivity index (χ3v) is 7.02. The number of hydrogen-bond donors (Lipinski definition) is 1. The van der Waals surface area contributed by atoms with Gasteiger partial charge in [0.1, 0.15) is 11.4 Å². The summed E-state index contributed by atoms with van der Waals surface area (Å²) < 4.78 is 6.34. The maximum Gasteiger partial charge on any atom is 0.305 e. The predicted molar refractivity (Wildman–Crippen MR) is 142 cm³/mol. The minimum absolute atomic E-state index is 0.0943. The molecule has 4 rings (SSSR count). The second kappa shape index (κ2) is 10.8. The Morgan fingerprint density at radius 3 is 2.47 bits per heavy atom. The van der Waals surface area contributed by atoms with Gasteiger partial charge in [0.25, 0.3) is 5.91 Å². The zero-order valence-electron chi connectivity index (χ0n) is 21.0. The zero-order chi connectivity index (χ0) is 25.9. The molecule has 0 aromatic heterocycles. The van der Waals surface area contributed by atoms with Gasteiger partial charge >= 0.3 is 5.97 Å². The summed E-state index contributed by atoms with van der Waals surface area (Å²) in [7, 11) is 0. The molecule has 0 bridgehead atoms. The van der Waals surface area contributed by atoms with Crippen LogP contribution in [0.25, 0.3) is 0 Å². The molecular weight excluding hydrogens is 474 g/mol. The van der Waals surface area contributed by atoms with Crippen molar-refractivity contribution in [1.82, 2.24) is 4.90 Å². The van der Waals surface area contributed by atoms with E-state index in [1.54, 1.807) is 17.0 Å². The van der Waals surface area contributed by atoms with Crippen LogP contribution >= 0.6 is 11.6 Å². The summed E-state index contributed by atoms with van der Waals surface area (Å²) in [6.07, 6.45) is 1.31. The average Bonchev–Trinajstić information content (AvgIpc) is 3.17. The molecule has 1 amide bonds. The molecule has 0 saturated carbocycles. The number of ether oxygens (including phenoxy) is 1. The van der Waals surface area contributed by atoms with Crippen molar-refractivity contribution in [3.8, 4) is 5.75 Å². The van der Waals surface area contributed by atoms with Crippen molar-refractivity contribution in [2.75, 3.05) is 6.54 Å². The van der Waals surface area contributed by atoms with Crippen molar-refractivity contribution in [3.63, 3.8) is 0 Å². The van der Waals surface area contributed by atoms with Crippen LogP contribution in [0.3, 0.4) is 0 Å². The number of carboxylic acid groups (broad SMARTS) is 1. The van der Waals surface area contributed by atoms with Gasteiger partial charge < -0.3 is 14.7 Å². The highest BCUT2D eigenvalue weighted by Crippen LogP contribution is 2.38. The Morgan fingerprint density at radius 2 is 1.81 bits per heavy atom. The molecule has 6 heteroatoms. The largest absolute Gasteiger partial charge is 0.487 e. The Balaban J connectivity index is 1.51. The van der Waals surface area contributed by atoms with Gasteiger partial charge in [-0.2, -0.15) is 0 Å². The Morgan fingerprint density at radius 1 is 1.08 bits per heavy atom. The third-order valence-electron chi connectivity index (χ3n) is 6.65. The first-order valence-electron chi connectivity index (χ1n) is 12.3. The topological polar surface area (TPSA) is 66.8 Å². The van der Waals surface area contributed by atoms with E-state index in [1.807, 2.05) is 30.3 Å². The van der Waals surface area contributed by atoms with Gasteiger partial charge in [0.15, 0.2) is 0 Å². The Hall–Kier alpha value is -3.31. The summed E-state index contributed by atoms with van der Waals surface area (Å²) in [6.45, 7) is 6.80. The fourth-order valence-electron chi connectivity index (χ4n) is 4.70. The van der Waals surface area contributed by atoms with Crippen molar-refractivity contribution in [2.45, 2.75) is 58.1 Å². The molecule has 0 aliphatic carbocycles. The number of hydrogen-bond acceptors (Lipinski definition) is 3. The molecule has 1 heterocycles. The first kappa shape index (κ1) is 25.8. The van der Waals surface area contributed by atoms with Crippen LogP contribution in [-0.2, 0) is 24.2 Å². The Labute approximate surface area is 217 Å². The number of nitrogens with zero attached hydrogens (tertiary/aromatic N) is 1. The van der Waals surface area contributed by atoms with Gasteiger partial charge in [-0.05, 0) is 59.4 Å². The fraction of sp³-hybridized carbons (Fsp3) is 0.333. The molecule has 188 valence electrons. The summed E-state index contributed by atoms with van der Waals surface area (Å²) in [5.74, 6) is 0.102. The van der Waals surface area contributed by atoms with E-state index in [-0.39, 0.29) is 25.4 Å². The Bertz CT molecular complexity index is 1250. The van der Waals surface area contributed by atoms with E-state index in [0.29, 0.717) is 22.9 Å². The number of aliphatic carboxylic acids is 1. The number of carbonyl (C=O) groups excluding carboxylic acids is 1. The van der Waals surface area contributed by atoms with Gasteiger partial charge in [0, 0.05) is 36.5 Å². The molecule has 1 aliphatic rings. The van der Waals surface area contributed by atoms with E-state index in [1.165, 1.54) is 11.1 Å². The van der Waals surface area contributed by atoms with Gasteiger partial charge in [0.05, 0.1) is 6.42 Å². The van der Waals surface area contributed by atoms with Gasteiger partial charge in [-0.25, -0.2) is 0 Å². The number of rotatable bonds is 9. The SMILES string of the molecule is CC(C)c1ccc(C[C@@]2(C)Cc3cc(C(=O)N(CCC(=O)O)Cc4ccccc4Cl)ccc3O2)cc1. The van der Waals surface area contributed by atoms with Crippen LogP contribution in [0.4, 0.5) is 0 Å². The number of carbonyl (C=O) groups is 2. The van der Waals surface area contributed by atoms with E-state index in [9.17, 15) is 14.7 Å². The number of carboxylic acids is 1. The maximum absolute atomic E-state index is 13.5. The molecule has 0 saturated heterocycles. The molecule has 1 aliphatic heterocycles. The van der Waals surface area contributed by atoms with Crippen LogP contribution in [0.15, 0.2) is 66.7 Å². The summed E-state index contributed by atoms with van der Waals surface area (Å²) >= 11 is 6.31. The van der Waals surface area contributed by atoms with E-state index in [4.69, 9.17) is 16.3 Å². The second-order valence-electron chi connectivity index (χ2n) is 10.1. The molecule has 1 atom stereocenters. The van der Waals surface area contributed by atoms with Gasteiger partial charge in [-0.15, -0.1) is 0 Å². The summed E-state index contributed by atoms with van der Waals surface area (Å²) in [4.78, 5) is 26.2. The monoisotopic (exact) mass is 505 g/mol. The van der Waals surface area contributed by atoms with E-state index in [0.717, 1.165) is 23.3 Å². The quantitative estimate of drug-likeness (QED) is 0.359. The Kier molecular flexibility index (Phi) is 7.70. The highest BCUT2D eigenvalue weighted by molar-refractivity contribution is 6.31. The minimum atomic E-state index is -0.952. The molecule has 1 N–H and O–H groups in total. The molecule has 0 fully saturated rings. The standard InChI is InChI=1S/C30H32ClNO4/c1-20(2)22-10-8-21(9-11-22)17-30(3)18-25-16-23(12-13-27(25)36-30)29(35)32(15-14-28(33)34)19-24-6-4-5-7-26(24)31/h4-13,16,20H,14-15,17-19H2,1-3H3,(H,33,34)/t30-/m0/s1. The van der Waals surface area contributed by atoms with Crippen molar-refractivity contribution in [1.29, 1.82) is 0 Å². The lowest BCUT2D eigenvalue weighted by Crippen LogP contribution is -2.33. The van der Waals surface area contributed by atoms with Crippen LogP contribution < -0.4 is 4.74 Å². The van der Waals surface area contributed by atoms with Crippen LogP contribution in [0.1, 0.15) is 65.7 Å². The first-order chi connectivity index (χ1) is 17.1. The van der Waals surface area contributed by atoms with Crippen molar-refractivity contribution in [2.24, 2.45) is 0 Å².